The van der Waals surface area contributed by atoms with Crippen LogP contribution in [0.4, 0.5) is 5.69 Å². The number of hydrogen-bond donors (Lipinski definition) is 2. The normalized spacial score (nSPS) is 12.8. The minimum atomic E-state index is -0.736. The highest BCUT2D eigenvalue weighted by molar-refractivity contribution is 6.13. The number of nitrogens with zero attached hydrogens (tertiary/aromatic N) is 1. The van der Waals surface area contributed by atoms with Crippen LogP contribution >= 0.6 is 0 Å². The van der Waals surface area contributed by atoms with Gasteiger partial charge in [0.15, 0.2) is 0 Å². The molecule has 3 aromatic rings. The minimum absolute atomic E-state index is 0.137. The summed E-state index contributed by atoms with van der Waals surface area (Å²) in [6.45, 7) is 8.33. The van der Waals surface area contributed by atoms with Crippen molar-refractivity contribution in [3.8, 4) is 0 Å². The number of aliphatic hydroxyl groups is 1. The van der Waals surface area contributed by atoms with E-state index >= 15 is 0 Å². The number of carbonyl (C=O) groups is 1. The van der Waals surface area contributed by atoms with E-state index in [0.717, 1.165) is 22.4 Å². The summed E-state index contributed by atoms with van der Waals surface area (Å²) in [5.74, 6) is -0.873. The molecule has 0 heterocycles. The second-order valence-electron chi connectivity index (χ2n) is 8.92. The maximum absolute atomic E-state index is 14.0. The third-order valence-corrected chi connectivity index (χ3v) is 6.06. The van der Waals surface area contributed by atoms with Crippen molar-refractivity contribution in [2.24, 2.45) is 0 Å². The van der Waals surface area contributed by atoms with Crippen molar-refractivity contribution in [3.05, 3.63) is 101 Å². The van der Waals surface area contributed by atoms with Crippen molar-refractivity contribution in [1.82, 2.24) is 0 Å². The van der Waals surface area contributed by atoms with Gasteiger partial charge in [-0.25, -0.2) is 0 Å². The Bertz CT molecular complexity index is 1090. The molecule has 0 saturated heterocycles. The highest BCUT2D eigenvalue weighted by Crippen LogP contribution is 2.27. The molecule has 0 radical (unpaired) electrons. The molecule has 0 aliphatic carbocycles. The van der Waals surface area contributed by atoms with E-state index in [1.165, 1.54) is 11.1 Å². The fourth-order valence-electron chi connectivity index (χ4n) is 3.99. The predicted octanol–water partition coefficient (Wildman–Crippen LogP) is 5.76. The SMILES string of the molecule is Cc1ccc(CCN(C(=O)C(C(=N)C[C@@H](C)O)c2ccccc2)c2ccc(C)c(C)c2)cc1. The van der Waals surface area contributed by atoms with E-state index in [4.69, 9.17) is 5.41 Å². The number of aryl methyl sites for hydroxylation is 3. The Hall–Kier alpha value is -3.24. The zero-order valence-corrected chi connectivity index (χ0v) is 20.0. The molecule has 0 aliphatic rings. The zero-order chi connectivity index (χ0) is 24.0. The lowest BCUT2D eigenvalue weighted by Crippen LogP contribution is -2.40. The maximum Gasteiger partial charge on any atom is 0.240 e. The molecule has 2 atom stereocenters. The Labute approximate surface area is 197 Å². The van der Waals surface area contributed by atoms with Gasteiger partial charge in [0.2, 0.25) is 5.91 Å². The molecule has 172 valence electrons. The molecule has 0 bridgehead atoms. The Morgan fingerprint density at radius 3 is 2.21 bits per heavy atom. The Morgan fingerprint density at radius 2 is 1.61 bits per heavy atom. The molecule has 0 fully saturated rings. The van der Waals surface area contributed by atoms with Crippen LogP contribution in [0.5, 0.6) is 0 Å². The monoisotopic (exact) mass is 442 g/mol. The number of aliphatic hydroxyl groups excluding tert-OH is 1. The summed E-state index contributed by atoms with van der Waals surface area (Å²) in [5.41, 5.74) is 6.50. The summed E-state index contributed by atoms with van der Waals surface area (Å²) in [6, 6.07) is 23.9. The van der Waals surface area contributed by atoms with Crippen molar-refractivity contribution in [2.75, 3.05) is 11.4 Å². The van der Waals surface area contributed by atoms with Gasteiger partial charge in [-0.2, -0.15) is 0 Å². The number of benzene rings is 3. The Kier molecular flexibility index (Phi) is 8.18. The standard InChI is InChI=1S/C29H34N2O2/c1-20-10-13-24(14-11-20)16-17-31(26-15-12-21(2)22(3)18-26)29(33)28(27(30)19-23(4)32)25-8-6-5-7-9-25/h5-15,18,23,28,30,32H,16-17,19H2,1-4H3/t23-,28?/m1/s1. The molecule has 0 spiro atoms. The number of rotatable bonds is 9. The number of anilines is 1. The zero-order valence-electron chi connectivity index (χ0n) is 20.0. The fraction of sp³-hybridized carbons (Fsp3) is 0.310. The van der Waals surface area contributed by atoms with E-state index in [2.05, 4.69) is 38.1 Å². The quantitative estimate of drug-likeness (QED) is 0.414. The highest BCUT2D eigenvalue weighted by atomic mass is 16.3. The van der Waals surface area contributed by atoms with Crippen LogP contribution in [0.3, 0.4) is 0 Å². The summed E-state index contributed by atoms with van der Waals surface area (Å²) >= 11 is 0. The largest absolute Gasteiger partial charge is 0.393 e. The average Bonchev–Trinajstić information content (AvgIpc) is 2.78. The number of hydrogen-bond acceptors (Lipinski definition) is 3. The molecule has 1 amide bonds. The molecule has 0 aromatic heterocycles. The van der Waals surface area contributed by atoms with Gasteiger partial charge in [0.25, 0.3) is 0 Å². The topological polar surface area (TPSA) is 64.4 Å². The van der Waals surface area contributed by atoms with E-state index in [9.17, 15) is 9.90 Å². The maximum atomic E-state index is 14.0. The molecule has 4 heteroatoms. The van der Waals surface area contributed by atoms with Gasteiger partial charge in [-0.15, -0.1) is 0 Å². The third-order valence-electron chi connectivity index (χ3n) is 6.06. The number of carbonyl (C=O) groups excluding carboxylic acids is 1. The lowest BCUT2D eigenvalue weighted by Gasteiger charge is -2.29. The van der Waals surface area contributed by atoms with Crippen LogP contribution in [-0.2, 0) is 11.2 Å². The van der Waals surface area contributed by atoms with Gasteiger partial charge in [0.05, 0.1) is 6.10 Å². The lowest BCUT2D eigenvalue weighted by atomic mass is 9.89. The van der Waals surface area contributed by atoms with Gasteiger partial charge in [0.1, 0.15) is 5.92 Å². The van der Waals surface area contributed by atoms with Crippen LogP contribution in [0.1, 0.15) is 47.1 Å². The fourth-order valence-corrected chi connectivity index (χ4v) is 3.99. The third kappa shape index (κ3) is 6.39. The predicted molar refractivity (Wildman–Crippen MR) is 136 cm³/mol. The minimum Gasteiger partial charge on any atom is -0.393 e. The molecule has 3 rings (SSSR count). The lowest BCUT2D eigenvalue weighted by molar-refractivity contribution is -0.118. The first-order valence-corrected chi connectivity index (χ1v) is 11.5. The van der Waals surface area contributed by atoms with Crippen molar-refractivity contribution < 1.29 is 9.90 Å². The molecule has 0 aliphatic heterocycles. The molecule has 2 N–H and O–H groups in total. The second-order valence-corrected chi connectivity index (χ2v) is 8.92. The van der Waals surface area contributed by atoms with Crippen LogP contribution < -0.4 is 4.90 Å². The van der Waals surface area contributed by atoms with Gasteiger partial charge in [-0.3, -0.25) is 4.79 Å². The van der Waals surface area contributed by atoms with Gasteiger partial charge in [-0.05, 0) is 68.5 Å². The summed E-state index contributed by atoms with van der Waals surface area (Å²) in [4.78, 5) is 15.8. The van der Waals surface area contributed by atoms with Crippen LogP contribution in [0.25, 0.3) is 0 Å². The highest BCUT2D eigenvalue weighted by Gasteiger charge is 2.31. The molecule has 3 aromatic carbocycles. The molecular weight excluding hydrogens is 408 g/mol. The smallest absolute Gasteiger partial charge is 0.240 e. The van der Waals surface area contributed by atoms with E-state index in [-0.39, 0.29) is 18.0 Å². The van der Waals surface area contributed by atoms with E-state index in [1.54, 1.807) is 11.8 Å². The Balaban J connectivity index is 1.99. The summed E-state index contributed by atoms with van der Waals surface area (Å²) < 4.78 is 0. The molecule has 0 saturated carbocycles. The van der Waals surface area contributed by atoms with Crippen LogP contribution in [0, 0.1) is 26.2 Å². The molecular formula is C29H34N2O2. The molecule has 4 nitrogen and oxygen atoms in total. The van der Waals surface area contributed by atoms with E-state index in [0.29, 0.717) is 13.0 Å². The van der Waals surface area contributed by atoms with Crippen molar-refractivity contribution in [1.29, 1.82) is 5.41 Å². The second kappa shape index (κ2) is 11.1. The van der Waals surface area contributed by atoms with Gasteiger partial charge < -0.3 is 15.4 Å². The van der Waals surface area contributed by atoms with E-state index in [1.807, 2.05) is 55.5 Å². The van der Waals surface area contributed by atoms with Gasteiger partial charge in [0, 0.05) is 24.4 Å². The first-order valence-electron chi connectivity index (χ1n) is 11.5. The summed E-state index contributed by atoms with van der Waals surface area (Å²) in [5, 5.41) is 18.6. The van der Waals surface area contributed by atoms with Crippen LogP contribution in [0.2, 0.25) is 0 Å². The summed E-state index contributed by atoms with van der Waals surface area (Å²) in [7, 11) is 0. The first kappa shape index (κ1) is 24.4. The van der Waals surface area contributed by atoms with Crippen molar-refractivity contribution in [2.45, 2.75) is 52.6 Å². The van der Waals surface area contributed by atoms with Gasteiger partial charge in [-0.1, -0.05) is 66.2 Å². The van der Waals surface area contributed by atoms with Crippen molar-refractivity contribution >= 4 is 17.3 Å². The number of nitrogens with one attached hydrogen (secondary N) is 1. The average molecular weight is 443 g/mol. The van der Waals surface area contributed by atoms with Crippen LogP contribution in [-0.4, -0.2) is 29.4 Å². The van der Waals surface area contributed by atoms with Crippen molar-refractivity contribution in [3.63, 3.8) is 0 Å². The van der Waals surface area contributed by atoms with Gasteiger partial charge >= 0.3 is 0 Å². The molecule has 33 heavy (non-hydrogen) atoms. The number of amides is 1. The van der Waals surface area contributed by atoms with Crippen LogP contribution in [0.15, 0.2) is 72.8 Å². The molecule has 1 unspecified atom stereocenters. The Morgan fingerprint density at radius 1 is 0.939 bits per heavy atom. The first-order chi connectivity index (χ1) is 15.8. The van der Waals surface area contributed by atoms with E-state index < -0.39 is 12.0 Å². The summed E-state index contributed by atoms with van der Waals surface area (Å²) in [6.07, 6.45) is 0.188.